The van der Waals surface area contributed by atoms with Gasteiger partial charge in [-0.05, 0) is 94.8 Å². The van der Waals surface area contributed by atoms with Crippen molar-refractivity contribution in [3.8, 4) is 0 Å². The van der Waals surface area contributed by atoms with Crippen molar-refractivity contribution in [1.82, 2.24) is 20.2 Å². The molecule has 0 aliphatic heterocycles. The molecule has 1 heterocycles. The Kier molecular flexibility index (Phi) is 9.19. The van der Waals surface area contributed by atoms with Gasteiger partial charge >= 0.3 is 0 Å². The molecule has 0 spiro atoms. The number of nitrogens with zero attached hydrogens (tertiary/aromatic N) is 4. The van der Waals surface area contributed by atoms with E-state index in [4.69, 9.17) is 23.2 Å². The third-order valence-corrected chi connectivity index (χ3v) is 8.71. The maximum Gasteiger partial charge on any atom is 0.221 e. The van der Waals surface area contributed by atoms with Gasteiger partial charge in [-0.15, -0.1) is 5.10 Å². The maximum atomic E-state index is 11.5. The summed E-state index contributed by atoms with van der Waals surface area (Å²) in [4.78, 5) is 11.5. The average Bonchev–Trinajstić information content (AvgIpc) is 3.35. The number of carbonyl (C=O) groups is 1. The normalized spacial score (nSPS) is 20.7. The van der Waals surface area contributed by atoms with E-state index in [1.165, 1.54) is 6.92 Å². The molecule has 1 amide bonds. The minimum Gasteiger partial charge on any atom is -0.373 e. The van der Waals surface area contributed by atoms with Gasteiger partial charge in [0.05, 0.1) is 11.6 Å². The number of aromatic nitrogens is 4. The Hall–Kier alpha value is -2.90. The highest BCUT2D eigenvalue weighted by molar-refractivity contribution is 6.35. The molecule has 2 aromatic carbocycles. The standard InChI is InChI=1S/C32H42Cl2N6O/c1-21(41)35-25-11-13-26(14-12-25)36-32(18-16-23(17-19-32)30(2,3)4)29-37-38-39-40(29)28(31(5,6)7)15-9-22-8-10-24(33)20-27(22)34/h8-15,20,23,28,36H,16-19H2,1-7H3,(H,35,41)/b15-9+/t23?,28-,32?/m0/s1. The van der Waals surface area contributed by atoms with Crippen LogP contribution in [-0.2, 0) is 10.3 Å². The summed E-state index contributed by atoms with van der Waals surface area (Å²) in [6.45, 7) is 15.0. The van der Waals surface area contributed by atoms with Crippen molar-refractivity contribution in [2.24, 2.45) is 16.7 Å². The summed E-state index contributed by atoms with van der Waals surface area (Å²) in [5.74, 6) is 1.33. The molecule has 0 saturated heterocycles. The van der Waals surface area contributed by atoms with E-state index < -0.39 is 5.54 Å². The van der Waals surface area contributed by atoms with Crippen LogP contribution in [0.1, 0.15) is 91.6 Å². The summed E-state index contributed by atoms with van der Waals surface area (Å²) in [5.41, 5.74) is 2.18. The molecule has 1 aromatic heterocycles. The van der Waals surface area contributed by atoms with E-state index in [0.717, 1.165) is 48.4 Å². The third-order valence-electron chi connectivity index (χ3n) is 8.14. The lowest BCUT2D eigenvalue weighted by molar-refractivity contribution is -0.114. The van der Waals surface area contributed by atoms with Crippen LogP contribution in [0.2, 0.25) is 10.0 Å². The molecule has 220 valence electrons. The topological polar surface area (TPSA) is 84.7 Å². The summed E-state index contributed by atoms with van der Waals surface area (Å²) in [7, 11) is 0. The van der Waals surface area contributed by atoms with Crippen LogP contribution in [0.15, 0.2) is 48.5 Å². The van der Waals surface area contributed by atoms with Gasteiger partial charge in [0.2, 0.25) is 5.91 Å². The summed E-state index contributed by atoms with van der Waals surface area (Å²) >= 11 is 12.6. The quantitative estimate of drug-likeness (QED) is 0.284. The van der Waals surface area contributed by atoms with Crippen molar-refractivity contribution < 1.29 is 4.79 Å². The van der Waals surface area contributed by atoms with Crippen molar-refractivity contribution in [2.45, 2.75) is 85.7 Å². The molecule has 1 aliphatic rings. The smallest absolute Gasteiger partial charge is 0.221 e. The largest absolute Gasteiger partial charge is 0.373 e. The van der Waals surface area contributed by atoms with Crippen molar-refractivity contribution in [3.05, 3.63) is 70.0 Å². The highest BCUT2D eigenvalue weighted by atomic mass is 35.5. The van der Waals surface area contributed by atoms with E-state index in [0.29, 0.717) is 16.0 Å². The zero-order chi connectivity index (χ0) is 30.0. The van der Waals surface area contributed by atoms with Gasteiger partial charge < -0.3 is 10.6 Å². The van der Waals surface area contributed by atoms with E-state index in [-0.39, 0.29) is 22.8 Å². The summed E-state index contributed by atoms with van der Waals surface area (Å²) in [6, 6.07) is 13.2. The number of benzene rings is 2. The molecule has 0 radical (unpaired) electrons. The summed E-state index contributed by atoms with van der Waals surface area (Å²) in [6.07, 6.45) is 8.06. The number of rotatable bonds is 7. The second-order valence-electron chi connectivity index (χ2n) is 13.4. The fourth-order valence-corrected chi connectivity index (χ4v) is 6.23. The molecule has 3 aromatic rings. The van der Waals surface area contributed by atoms with Crippen LogP contribution in [-0.4, -0.2) is 26.1 Å². The molecule has 7 nitrogen and oxygen atoms in total. The number of hydrogen-bond donors (Lipinski definition) is 2. The second kappa shape index (κ2) is 12.1. The van der Waals surface area contributed by atoms with Gasteiger partial charge in [0, 0.05) is 28.3 Å². The number of hydrogen-bond acceptors (Lipinski definition) is 5. The molecule has 1 aliphatic carbocycles. The highest BCUT2D eigenvalue weighted by Crippen LogP contribution is 2.47. The first-order valence-corrected chi connectivity index (χ1v) is 15.0. The minimum atomic E-state index is -0.462. The number of carbonyl (C=O) groups excluding carboxylic acids is 1. The van der Waals surface area contributed by atoms with Gasteiger partial charge in [-0.2, -0.15) is 0 Å². The predicted molar refractivity (Wildman–Crippen MR) is 169 cm³/mol. The van der Waals surface area contributed by atoms with Gasteiger partial charge in [0.25, 0.3) is 0 Å². The molecule has 41 heavy (non-hydrogen) atoms. The number of anilines is 2. The van der Waals surface area contributed by atoms with Gasteiger partial charge in [0.1, 0.15) is 0 Å². The molecule has 4 rings (SSSR count). The zero-order valence-electron chi connectivity index (χ0n) is 25.1. The molecule has 1 fully saturated rings. The number of allylic oxidation sites excluding steroid dienone is 1. The number of tetrazole rings is 1. The van der Waals surface area contributed by atoms with E-state index in [9.17, 15) is 4.79 Å². The van der Waals surface area contributed by atoms with Crippen molar-refractivity contribution in [1.29, 1.82) is 0 Å². The first-order valence-electron chi connectivity index (χ1n) is 14.3. The van der Waals surface area contributed by atoms with Crippen LogP contribution in [0, 0.1) is 16.7 Å². The molecule has 0 unspecified atom stereocenters. The lowest BCUT2D eigenvalue weighted by Crippen LogP contribution is -2.44. The van der Waals surface area contributed by atoms with Crippen LogP contribution in [0.25, 0.3) is 6.08 Å². The molecular formula is C32H42Cl2N6O. The third kappa shape index (κ3) is 7.49. The van der Waals surface area contributed by atoms with Gasteiger partial charge in [0.15, 0.2) is 5.82 Å². The van der Waals surface area contributed by atoms with E-state index in [2.05, 4.69) is 73.8 Å². The number of amides is 1. The lowest BCUT2D eigenvalue weighted by Gasteiger charge is -2.45. The van der Waals surface area contributed by atoms with Crippen molar-refractivity contribution in [3.63, 3.8) is 0 Å². The monoisotopic (exact) mass is 596 g/mol. The maximum absolute atomic E-state index is 11.5. The number of halogens is 2. The lowest BCUT2D eigenvalue weighted by atomic mass is 9.67. The van der Waals surface area contributed by atoms with Gasteiger partial charge in [-0.3, -0.25) is 4.79 Å². The van der Waals surface area contributed by atoms with Crippen LogP contribution < -0.4 is 10.6 Å². The van der Waals surface area contributed by atoms with Crippen LogP contribution >= 0.6 is 23.2 Å². The van der Waals surface area contributed by atoms with Gasteiger partial charge in [-0.1, -0.05) is 83.0 Å². The Morgan fingerprint density at radius 2 is 1.66 bits per heavy atom. The summed E-state index contributed by atoms with van der Waals surface area (Å²) < 4.78 is 1.98. The van der Waals surface area contributed by atoms with Crippen LogP contribution in [0.4, 0.5) is 11.4 Å². The van der Waals surface area contributed by atoms with Crippen LogP contribution in [0.5, 0.6) is 0 Å². The second-order valence-corrected chi connectivity index (χ2v) is 14.2. The zero-order valence-corrected chi connectivity index (χ0v) is 26.6. The van der Waals surface area contributed by atoms with Crippen LogP contribution in [0.3, 0.4) is 0 Å². The summed E-state index contributed by atoms with van der Waals surface area (Å²) in [5, 5.41) is 21.4. The highest BCUT2D eigenvalue weighted by Gasteiger charge is 2.45. The predicted octanol–water partition coefficient (Wildman–Crippen LogP) is 8.78. The van der Waals surface area contributed by atoms with Gasteiger partial charge in [-0.25, -0.2) is 4.68 Å². The fourth-order valence-electron chi connectivity index (χ4n) is 5.76. The van der Waals surface area contributed by atoms with Crippen molar-refractivity contribution in [2.75, 3.05) is 10.6 Å². The van der Waals surface area contributed by atoms with Crippen molar-refractivity contribution >= 4 is 46.6 Å². The average molecular weight is 598 g/mol. The Morgan fingerprint density at radius 3 is 2.22 bits per heavy atom. The van der Waals surface area contributed by atoms with E-state index >= 15 is 0 Å². The molecule has 1 atom stereocenters. The van der Waals surface area contributed by atoms with E-state index in [1.807, 2.05) is 47.2 Å². The first kappa shape index (κ1) is 31.0. The Bertz CT molecular complexity index is 1380. The first-order chi connectivity index (χ1) is 19.2. The molecular weight excluding hydrogens is 555 g/mol. The molecule has 2 N–H and O–H groups in total. The SMILES string of the molecule is CC(=O)Nc1ccc(NC2(c3nnnn3[C@@H](/C=C/c3ccc(Cl)cc3Cl)C(C)(C)C)CCC(C(C)(C)C)CC2)cc1. The Labute approximate surface area is 254 Å². The minimum absolute atomic E-state index is 0.0944. The Morgan fingerprint density at radius 1 is 1.02 bits per heavy atom. The molecule has 1 saturated carbocycles. The molecule has 0 bridgehead atoms. The fraction of sp³-hybridized carbons (Fsp3) is 0.500. The Balaban J connectivity index is 1.74. The van der Waals surface area contributed by atoms with E-state index in [1.54, 1.807) is 6.07 Å². The number of nitrogens with one attached hydrogen (secondary N) is 2. The molecule has 9 heteroatoms.